The van der Waals surface area contributed by atoms with Crippen molar-refractivity contribution in [3.63, 3.8) is 0 Å². The Morgan fingerprint density at radius 2 is 2.14 bits per heavy atom. The van der Waals surface area contributed by atoms with Crippen LogP contribution < -0.4 is 0 Å². The predicted octanol–water partition coefficient (Wildman–Crippen LogP) is 3.26. The van der Waals surface area contributed by atoms with Gasteiger partial charge in [0.2, 0.25) is 0 Å². The number of likely N-dealkylation sites (tertiary alicyclic amines) is 1. The van der Waals surface area contributed by atoms with Crippen LogP contribution in [0.25, 0.3) is 0 Å². The highest BCUT2D eigenvalue weighted by molar-refractivity contribution is 5.74. The van der Waals surface area contributed by atoms with Crippen molar-refractivity contribution in [2.75, 3.05) is 6.54 Å². The monoisotopic (exact) mass is 287 g/mol. The van der Waals surface area contributed by atoms with Crippen LogP contribution in [0.3, 0.4) is 0 Å². The van der Waals surface area contributed by atoms with Crippen molar-refractivity contribution in [2.45, 2.75) is 57.5 Å². The quantitative estimate of drug-likeness (QED) is 0.924. The molecule has 1 saturated heterocycles. The van der Waals surface area contributed by atoms with E-state index in [1.165, 1.54) is 36.8 Å². The summed E-state index contributed by atoms with van der Waals surface area (Å²) in [6.45, 7) is 2.98. The maximum atomic E-state index is 11.6. The molecule has 3 nitrogen and oxygen atoms in total. The van der Waals surface area contributed by atoms with Gasteiger partial charge in [0.05, 0.1) is 0 Å². The van der Waals surface area contributed by atoms with E-state index in [2.05, 4.69) is 36.1 Å². The van der Waals surface area contributed by atoms with Gasteiger partial charge in [-0.2, -0.15) is 0 Å². The molecule has 1 heterocycles. The minimum atomic E-state index is -0.631. The number of rotatable bonds is 4. The molecule has 1 aromatic rings. The molecule has 3 unspecified atom stereocenters. The molecule has 21 heavy (non-hydrogen) atoms. The minimum absolute atomic E-state index is 0.261. The number of carboxylic acids is 1. The number of hydrogen-bond donors (Lipinski definition) is 1. The summed E-state index contributed by atoms with van der Waals surface area (Å²) in [5, 5.41) is 9.53. The molecule has 0 spiro atoms. The van der Waals surface area contributed by atoms with Crippen molar-refractivity contribution < 1.29 is 9.90 Å². The first-order valence-corrected chi connectivity index (χ1v) is 8.19. The Balaban J connectivity index is 1.70. The average Bonchev–Trinajstić information content (AvgIpc) is 2.84. The summed E-state index contributed by atoms with van der Waals surface area (Å²) in [7, 11) is 0. The number of nitrogens with zero attached hydrogens (tertiary/aromatic N) is 1. The van der Waals surface area contributed by atoms with Gasteiger partial charge < -0.3 is 5.11 Å². The Labute approximate surface area is 127 Å². The van der Waals surface area contributed by atoms with E-state index < -0.39 is 5.97 Å². The van der Waals surface area contributed by atoms with Crippen LogP contribution in [-0.4, -0.2) is 34.6 Å². The molecule has 114 valence electrons. The van der Waals surface area contributed by atoms with E-state index in [4.69, 9.17) is 0 Å². The van der Waals surface area contributed by atoms with E-state index in [1.807, 2.05) is 0 Å². The number of aliphatic carboxylic acids is 1. The Hall–Kier alpha value is -1.35. The number of aryl methyl sites for hydroxylation is 1. The SMILES string of the molecule is Cc1cccc(CCN2C(C(=O)O)CC3CCCCC32)c1. The van der Waals surface area contributed by atoms with Crippen LogP contribution in [0.2, 0.25) is 0 Å². The fraction of sp³-hybridized carbons (Fsp3) is 0.611. The van der Waals surface area contributed by atoms with Crippen LogP contribution in [-0.2, 0) is 11.2 Å². The van der Waals surface area contributed by atoms with Crippen molar-refractivity contribution in [3.05, 3.63) is 35.4 Å². The summed E-state index contributed by atoms with van der Waals surface area (Å²) in [6.07, 6.45) is 6.74. The van der Waals surface area contributed by atoms with E-state index in [-0.39, 0.29) is 6.04 Å². The molecular weight excluding hydrogens is 262 g/mol. The second kappa shape index (κ2) is 6.18. The largest absolute Gasteiger partial charge is 0.480 e. The summed E-state index contributed by atoms with van der Waals surface area (Å²) in [4.78, 5) is 13.9. The fourth-order valence-corrected chi connectivity index (χ4v) is 4.24. The second-order valence-electron chi connectivity index (χ2n) is 6.68. The zero-order valence-corrected chi connectivity index (χ0v) is 12.8. The highest BCUT2D eigenvalue weighted by Gasteiger charge is 2.44. The number of carbonyl (C=O) groups is 1. The maximum absolute atomic E-state index is 11.6. The number of fused-ring (bicyclic) bond motifs is 1. The molecule has 1 N–H and O–H groups in total. The van der Waals surface area contributed by atoms with Gasteiger partial charge in [0.15, 0.2) is 0 Å². The van der Waals surface area contributed by atoms with Gasteiger partial charge in [-0.15, -0.1) is 0 Å². The number of benzene rings is 1. The lowest BCUT2D eigenvalue weighted by Gasteiger charge is -2.33. The van der Waals surface area contributed by atoms with Gasteiger partial charge in [0, 0.05) is 12.6 Å². The maximum Gasteiger partial charge on any atom is 0.320 e. The summed E-state index contributed by atoms with van der Waals surface area (Å²) >= 11 is 0. The molecule has 2 fully saturated rings. The lowest BCUT2D eigenvalue weighted by molar-refractivity contribution is -0.142. The van der Waals surface area contributed by atoms with E-state index in [9.17, 15) is 9.90 Å². The molecule has 0 aromatic heterocycles. The first-order valence-electron chi connectivity index (χ1n) is 8.19. The van der Waals surface area contributed by atoms with Gasteiger partial charge in [-0.25, -0.2) is 0 Å². The lowest BCUT2D eigenvalue weighted by Crippen LogP contribution is -2.43. The van der Waals surface area contributed by atoms with E-state index >= 15 is 0 Å². The highest BCUT2D eigenvalue weighted by Crippen LogP contribution is 2.39. The molecule has 2 aliphatic rings. The molecule has 3 rings (SSSR count). The van der Waals surface area contributed by atoms with Crippen LogP contribution in [0.15, 0.2) is 24.3 Å². The standard InChI is InChI=1S/C18H25NO2/c1-13-5-4-6-14(11-13)9-10-19-16-8-3-2-7-15(16)12-17(19)18(20)21/h4-6,11,15-17H,2-3,7-10,12H2,1H3,(H,20,21). The summed E-state index contributed by atoms with van der Waals surface area (Å²) in [5.41, 5.74) is 2.60. The summed E-state index contributed by atoms with van der Waals surface area (Å²) in [6, 6.07) is 8.80. The van der Waals surface area contributed by atoms with E-state index in [1.54, 1.807) is 0 Å². The minimum Gasteiger partial charge on any atom is -0.480 e. The van der Waals surface area contributed by atoms with Gasteiger partial charge in [-0.1, -0.05) is 42.7 Å². The summed E-state index contributed by atoms with van der Waals surface area (Å²) in [5.74, 6) is -0.0222. The number of hydrogen-bond acceptors (Lipinski definition) is 2. The van der Waals surface area contributed by atoms with Crippen LogP contribution in [0.5, 0.6) is 0 Å². The highest BCUT2D eigenvalue weighted by atomic mass is 16.4. The molecular formula is C18H25NO2. The van der Waals surface area contributed by atoms with Gasteiger partial charge in [-0.05, 0) is 44.1 Å². The Kier molecular flexibility index (Phi) is 4.29. The van der Waals surface area contributed by atoms with Gasteiger partial charge in [-0.3, -0.25) is 9.69 Å². The number of carboxylic acid groups (broad SMARTS) is 1. The van der Waals surface area contributed by atoms with E-state index in [0.29, 0.717) is 12.0 Å². The van der Waals surface area contributed by atoms with Crippen molar-refractivity contribution in [1.82, 2.24) is 4.90 Å². The molecule has 1 aliphatic heterocycles. The Morgan fingerprint density at radius 1 is 1.33 bits per heavy atom. The van der Waals surface area contributed by atoms with Crippen molar-refractivity contribution in [2.24, 2.45) is 5.92 Å². The normalized spacial score (nSPS) is 29.3. The molecule has 3 atom stereocenters. The Morgan fingerprint density at radius 3 is 2.90 bits per heavy atom. The topological polar surface area (TPSA) is 40.5 Å². The molecule has 1 saturated carbocycles. The molecule has 1 aromatic carbocycles. The first kappa shape index (κ1) is 14.6. The molecule has 3 heteroatoms. The smallest absolute Gasteiger partial charge is 0.320 e. The first-order chi connectivity index (χ1) is 10.1. The average molecular weight is 287 g/mol. The predicted molar refractivity (Wildman–Crippen MR) is 83.4 cm³/mol. The van der Waals surface area contributed by atoms with Crippen LogP contribution in [0.1, 0.15) is 43.2 Å². The van der Waals surface area contributed by atoms with Crippen molar-refractivity contribution >= 4 is 5.97 Å². The van der Waals surface area contributed by atoms with Crippen molar-refractivity contribution in [1.29, 1.82) is 0 Å². The van der Waals surface area contributed by atoms with E-state index in [0.717, 1.165) is 19.4 Å². The lowest BCUT2D eigenvalue weighted by atomic mass is 9.84. The fourth-order valence-electron chi connectivity index (χ4n) is 4.24. The second-order valence-corrected chi connectivity index (χ2v) is 6.68. The third-order valence-corrected chi connectivity index (χ3v) is 5.25. The van der Waals surface area contributed by atoms with Gasteiger partial charge in [0.25, 0.3) is 0 Å². The zero-order chi connectivity index (χ0) is 14.8. The molecule has 0 amide bonds. The zero-order valence-electron chi connectivity index (χ0n) is 12.8. The van der Waals surface area contributed by atoms with Crippen molar-refractivity contribution in [3.8, 4) is 0 Å². The van der Waals surface area contributed by atoms with Gasteiger partial charge >= 0.3 is 5.97 Å². The van der Waals surface area contributed by atoms with Crippen LogP contribution >= 0.6 is 0 Å². The molecule has 1 aliphatic carbocycles. The van der Waals surface area contributed by atoms with Gasteiger partial charge in [0.1, 0.15) is 6.04 Å². The third-order valence-electron chi connectivity index (χ3n) is 5.25. The molecule has 0 radical (unpaired) electrons. The van der Waals surface area contributed by atoms with Crippen LogP contribution in [0.4, 0.5) is 0 Å². The summed E-state index contributed by atoms with van der Waals surface area (Å²) < 4.78 is 0. The third kappa shape index (κ3) is 3.13. The Bertz CT molecular complexity index is 514. The molecule has 0 bridgehead atoms. The van der Waals surface area contributed by atoms with Crippen LogP contribution in [0, 0.1) is 12.8 Å².